The van der Waals surface area contributed by atoms with Gasteiger partial charge in [0.15, 0.2) is 0 Å². The van der Waals surface area contributed by atoms with Crippen LogP contribution in [0.2, 0.25) is 0 Å². The summed E-state index contributed by atoms with van der Waals surface area (Å²) in [6.45, 7) is 2.68. The van der Waals surface area contributed by atoms with Gasteiger partial charge in [0.2, 0.25) is 0 Å². The number of benzene rings is 1. The molecule has 1 aromatic carbocycles. The number of nitrogens with two attached hydrogens (primary N) is 1. The maximum absolute atomic E-state index is 12.0. The molecule has 0 aliphatic heterocycles. The molecule has 0 unspecified atom stereocenters. The predicted octanol–water partition coefficient (Wildman–Crippen LogP) is 4.36. The lowest BCUT2D eigenvalue weighted by atomic mass is 10.1. The summed E-state index contributed by atoms with van der Waals surface area (Å²) in [5.74, 6) is -0.302. The molecule has 1 atom stereocenters. The van der Waals surface area contributed by atoms with Gasteiger partial charge in [0, 0.05) is 23.5 Å². The van der Waals surface area contributed by atoms with E-state index < -0.39 is 6.04 Å². The first-order valence-electron chi connectivity index (χ1n) is 8.69. The van der Waals surface area contributed by atoms with E-state index in [0.29, 0.717) is 13.0 Å². The fraction of sp³-hybridized carbons (Fsp3) is 0.526. The SMILES string of the molecule is CCCCCCCCOC(=O)[C@@H](N)Cc1c[nH]c2ccccc12.Cl. The van der Waals surface area contributed by atoms with Gasteiger partial charge >= 0.3 is 5.97 Å². The average molecular weight is 353 g/mol. The van der Waals surface area contributed by atoms with Crippen molar-refractivity contribution in [1.82, 2.24) is 4.98 Å². The highest BCUT2D eigenvalue weighted by molar-refractivity contribution is 5.85. The van der Waals surface area contributed by atoms with Crippen LogP contribution in [0.5, 0.6) is 0 Å². The molecule has 0 amide bonds. The molecule has 5 heteroatoms. The van der Waals surface area contributed by atoms with E-state index in [1.165, 1.54) is 25.7 Å². The second-order valence-corrected chi connectivity index (χ2v) is 6.11. The van der Waals surface area contributed by atoms with E-state index in [9.17, 15) is 4.79 Å². The van der Waals surface area contributed by atoms with Crippen LogP contribution in [0.3, 0.4) is 0 Å². The normalized spacial score (nSPS) is 11.9. The van der Waals surface area contributed by atoms with Crippen LogP contribution in [-0.2, 0) is 16.0 Å². The number of para-hydroxylation sites is 1. The Kier molecular flexibility index (Phi) is 9.50. The zero-order valence-corrected chi connectivity index (χ0v) is 15.2. The van der Waals surface area contributed by atoms with E-state index in [0.717, 1.165) is 29.3 Å². The minimum absolute atomic E-state index is 0. The van der Waals surface area contributed by atoms with Gasteiger partial charge in [-0.15, -0.1) is 12.4 Å². The summed E-state index contributed by atoms with van der Waals surface area (Å²) < 4.78 is 5.30. The van der Waals surface area contributed by atoms with Crippen LogP contribution in [0.15, 0.2) is 30.5 Å². The third-order valence-electron chi connectivity index (χ3n) is 4.16. The van der Waals surface area contributed by atoms with Crippen LogP contribution >= 0.6 is 12.4 Å². The van der Waals surface area contributed by atoms with Crippen LogP contribution in [0.1, 0.15) is 51.0 Å². The minimum atomic E-state index is -0.603. The van der Waals surface area contributed by atoms with E-state index in [-0.39, 0.29) is 18.4 Å². The van der Waals surface area contributed by atoms with Crippen molar-refractivity contribution in [3.63, 3.8) is 0 Å². The lowest BCUT2D eigenvalue weighted by molar-refractivity contribution is -0.145. The first kappa shape index (κ1) is 20.5. The Morgan fingerprint density at radius 3 is 2.67 bits per heavy atom. The van der Waals surface area contributed by atoms with E-state index >= 15 is 0 Å². The molecule has 2 aromatic rings. The van der Waals surface area contributed by atoms with Gasteiger partial charge in [-0.3, -0.25) is 4.79 Å². The number of fused-ring (bicyclic) bond motifs is 1. The predicted molar refractivity (Wildman–Crippen MR) is 102 cm³/mol. The van der Waals surface area contributed by atoms with E-state index in [4.69, 9.17) is 10.5 Å². The van der Waals surface area contributed by atoms with Crippen molar-refractivity contribution in [2.24, 2.45) is 5.73 Å². The van der Waals surface area contributed by atoms with E-state index in [1.807, 2.05) is 30.5 Å². The van der Waals surface area contributed by atoms with Crippen molar-refractivity contribution in [1.29, 1.82) is 0 Å². The summed E-state index contributed by atoms with van der Waals surface area (Å²) in [7, 11) is 0. The third kappa shape index (κ3) is 6.17. The molecule has 0 spiro atoms. The van der Waals surface area contributed by atoms with Gasteiger partial charge in [-0.25, -0.2) is 0 Å². The van der Waals surface area contributed by atoms with Gasteiger partial charge in [-0.2, -0.15) is 0 Å². The number of ether oxygens (including phenoxy) is 1. The molecule has 0 bridgehead atoms. The fourth-order valence-corrected chi connectivity index (χ4v) is 2.78. The number of H-pyrrole nitrogens is 1. The summed E-state index contributed by atoms with van der Waals surface area (Å²) in [5.41, 5.74) is 8.12. The van der Waals surface area contributed by atoms with Crippen LogP contribution in [-0.4, -0.2) is 23.6 Å². The Morgan fingerprint density at radius 2 is 1.88 bits per heavy atom. The van der Waals surface area contributed by atoms with Crippen LogP contribution in [0, 0.1) is 0 Å². The van der Waals surface area contributed by atoms with Crippen LogP contribution < -0.4 is 5.73 Å². The molecule has 0 aliphatic carbocycles. The number of nitrogens with one attached hydrogen (secondary N) is 1. The maximum atomic E-state index is 12.0. The van der Waals surface area contributed by atoms with Gasteiger partial charge in [-0.05, 0) is 18.1 Å². The number of hydrogen-bond donors (Lipinski definition) is 2. The molecule has 0 aliphatic rings. The van der Waals surface area contributed by atoms with Crippen molar-refractivity contribution in [2.45, 2.75) is 57.9 Å². The largest absolute Gasteiger partial charge is 0.465 e. The van der Waals surface area contributed by atoms with Gasteiger partial charge < -0.3 is 15.5 Å². The van der Waals surface area contributed by atoms with Gasteiger partial charge in [0.25, 0.3) is 0 Å². The smallest absolute Gasteiger partial charge is 0.323 e. The number of esters is 1. The number of carbonyl (C=O) groups is 1. The number of aromatic amines is 1. The number of unbranched alkanes of at least 4 members (excludes halogenated alkanes) is 5. The summed E-state index contributed by atoms with van der Waals surface area (Å²) in [6.07, 6.45) is 9.48. The van der Waals surface area contributed by atoms with Crippen LogP contribution in [0.25, 0.3) is 10.9 Å². The second kappa shape index (κ2) is 11.1. The number of rotatable bonds is 10. The molecule has 0 saturated heterocycles. The standard InChI is InChI=1S/C19H28N2O2.ClH/c1-2-3-4-5-6-9-12-23-19(22)17(20)13-15-14-21-18-11-8-7-10-16(15)18;/h7-8,10-11,14,17,21H,2-6,9,12-13,20H2,1H3;1H/t17-;/m0./s1. The summed E-state index contributed by atoms with van der Waals surface area (Å²) >= 11 is 0. The first-order valence-corrected chi connectivity index (χ1v) is 8.69. The Labute approximate surface area is 150 Å². The van der Waals surface area contributed by atoms with Crippen molar-refractivity contribution < 1.29 is 9.53 Å². The lowest BCUT2D eigenvalue weighted by Crippen LogP contribution is -2.34. The maximum Gasteiger partial charge on any atom is 0.323 e. The van der Waals surface area contributed by atoms with Crippen molar-refractivity contribution in [3.05, 3.63) is 36.0 Å². The van der Waals surface area contributed by atoms with Crippen LogP contribution in [0.4, 0.5) is 0 Å². The van der Waals surface area contributed by atoms with Gasteiger partial charge in [0.05, 0.1) is 6.61 Å². The number of carbonyl (C=O) groups excluding carboxylic acids is 1. The molecule has 2 rings (SSSR count). The Hall–Kier alpha value is -1.52. The molecule has 4 nitrogen and oxygen atoms in total. The molecule has 3 N–H and O–H groups in total. The monoisotopic (exact) mass is 352 g/mol. The zero-order valence-electron chi connectivity index (χ0n) is 14.4. The highest BCUT2D eigenvalue weighted by Gasteiger charge is 2.17. The molecular weight excluding hydrogens is 324 g/mol. The number of halogens is 1. The highest BCUT2D eigenvalue weighted by atomic mass is 35.5. The van der Waals surface area contributed by atoms with E-state index in [2.05, 4.69) is 11.9 Å². The Morgan fingerprint density at radius 1 is 1.17 bits per heavy atom. The quantitative estimate of drug-likeness (QED) is 0.493. The molecule has 1 aromatic heterocycles. The third-order valence-corrected chi connectivity index (χ3v) is 4.16. The summed E-state index contributed by atoms with van der Waals surface area (Å²) in [4.78, 5) is 15.2. The summed E-state index contributed by atoms with van der Waals surface area (Å²) in [5, 5.41) is 1.12. The van der Waals surface area contributed by atoms with Gasteiger partial charge in [-0.1, -0.05) is 57.2 Å². The fourth-order valence-electron chi connectivity index (χ4n) is 2.78. The minimum Gasteiger partial charge on any atom is -0.465 e. The number of hydrogen-bond acceptors (Lipinski definition) is 3. The zero-order chi connectivity index (χ0) is 16.5. The Bertz CT molecular complexity index is 612. The first-order chi connectivity index (χ1) is 11.2. The lowest BCUT2D eigenvalue weighted by Gasteiger charge is -2.11. The average Bonchev–Trinajstić information content (AvgIpc) is 2.97. The molecule has 134 valence electrons. The molecule has 0 saturated carbocycles. The van der Waals surface area contributed by atoms with Crippen molar-refractivity contribution >= 4 is 29.3 Å². The second-order valence-electron chi connectivity index (χ2n) is 6.11. The molecular formula is C19H29ClN2O2. The van der Waals surface area contributed by atoms with Crippen molar-refractivity contribution in [3.8, 4) is 0 Å². The van der Waals surface area contributed by atoms with Crippen molar-refractivity contribution in [2.75, 3.05) is 6.61 Å². The molecule has 1 heterocycles. The Balaban J connectivity index is 0.00000288. The van der Waals surface area contributed by atoms with Gasteiger partial charge in [0.1, 0.15) is 6.04 Å². The summed E-state index contributed by atoms with van der Waals surface area (Å²) in [6, 6.07) is 7.42. The molecule has 0 radical (unpaired) electrons. The number of aromatic nitrogens is 1. The topological polar surface area (TPSA) is 68.1 Å². The van der Waals surface area contributed by atoms with E-state index in [1.54, 1.807) is 0 Å². The molecule has 0 fully saturated rings. The highest BCUT2D eigenvalue weighted by Crippen LogP contribution is 2.19. The molecule has 24 heavy (non-hydrogen) atoms.